The molecule has 1 aliphatic heterocycles. The Morgan fingerprint density at radius 3 is 2.43 bits per heavy atom. The zero-order valence-electron chi connectivity index (χ0n) is 20.2. The molecule has 2 heterocycles. The van der Waals surface area contributed by atoms with Crippen molar-refractivity contribution < 1.29 is 27.4 Å². The van der Waals surface area contributed by atoms with Crippen molar-refractivity contribution in [1.82, 2.24) is 9.78 Å². The maximum Gasteiger partial charge on any atom is 0.263 e. The fourth-order valence-electron chi connectivity index (χ4n) is 4.21. The fraction of sp³-hybridized carbons (Fsp3) is 0.360. The van der Waals surface area contributed by atoms with Crippen molar-refractivity contribution in [2.45, 2.75) is 26.3 Å². The van der Waals surface area contributed by atoms with Crippen molar-refractivity contribution in [1.29, 1.82) is 0 Å². The van der Waals surface area contributed by atoms with Crippen LogP contribution in [0.1, 0.15) is 23.6 Å². The fourth-order valence-corrected chi connectivity index (χ4v) is 5.91. The van der Waals surface area contributed by atoms with Crippen molar-refractivity contribution in [2.75, 3.05) is 37.6 Å². The zero-order valence-corrected chi connectivity index (χ0v) is 21.0. The second kappa shape index (κ2) is 9.99. The third-order valence-electron chi connectivity index (χ3n) is 5.99. The number of hydrogen-bond donors (Lipinski definition) is 1. The maximum absolute atomic E-state index is 12.8. The molecule has 0 radical (unpaired) electrons. The number of nitrogens with one attached hydrogen (secondary N) is 1. The van der Waals surface area contributed by atoms with Crippen LogP contribution in [0.25, 0.3) is 11.3 Å². The van der Waals surface area contributed by atoms with E-state index in [1.54, 1.807) is 37.1 Å². The number of anilines is 1. The van der Waals surface area contributed by atoms with Gasteiger partial charge in [0.2, 0.25) is 0 Å². The Balaban J connectivity index is 1.61. The Hall–Kier alpha value is -3.53. The number of aromatic nitrogens is 2. The number of rotatable bonds is 8. The molecule has 1 aliphatic rings. The Bertz CT molecular complexity index is 1330. The highest BCUT2D eigenvalue weighted by molar-refractivity contribution is 7.91. The maximum atomic E-state index is 12.8. The number of benzene rings is 2. The Morgan fingerprint density at radius 1 is 1.09 bits per heavy atom. The van der Waals surface area contributed by atoms with Crippen LogP contribution < -0.4 is 19.5 Å². The predicted molar refractivity (Wildman–Crippen MR) is 133 cm³/mol. The summed E-state index contributed by atoms with van der Waals surface area (Å²) in [6, 6.07) is 12.5. The van der Waals surface area contributed by atoms with Gasteiger partial charge in [0.15, 0.2) is 27.9 Å². The first-order valence-electron chi connectivity index (χ1n) is 11.2. The van der Waals surface area contributed by atoms with Gasteiger partial charge < -0.3 is 19.5 Å². The highest BCUT2D eigenvalue weighted by atomic mass is 32.2. The number of ether oxygens (including phenoxy) is 3. The van der Waals surface area contributed by atoms with Gasteiger partial charge in [-0.25, -0.2) is 13.1 Å². The van der Waals surface area contributed by atoms with Gasteiger partial charge in [-0.1, -0.05) is 18.2 Å². The van der Waals surface area contributed by atoms with Crippen LogP contribution in [-0.4, -0.2) is 56.4 Å². The summed E-state index contributed by atoms with van der Waals surface area (Å²) in [5.41, 5.74) is 3.19. The Morgan fingerprint density at radius 2 is 1.80 bits per heavy atom. The average molecular weight is 500 g/mol. The normalized spacial score (nSPS) is 16.6. The molecular weight excluding hydrogens is 470 g/mol. The number of aryl methyl sites for hydroxylation is 2. The molecule has 9 nitrogen and oxygen atoms in total. The van der Waals surface area contributed by atoms with Crippen LogP contribution in [0.4, 0.5) is 5.82 Å². The lowest BCUT2D eigenvalue weighted by Gasteiger charge is -2.15. The molecule has 1 amide bonds. The first-order valence-corrected chi connectivity index (χ1v) is 13.0. The number of carbonyl (C=O) groups excluding carboxylic acids is 1. The number of carbonyl (C=O) groups is 1. The van der Waals surface area contributed by atoms with Crippen LogP contribution in [0.5, 0.6) is 17.2 Å². The van der Waals surface area contributed by atoms with E-state index in [9.17, 15) is 13.2 Å². The smallest absolute Gasteiger partial charge is 0.263 e. The summed E-state index contributed by atoms with van der Waals surface area (Å²) < 4.78 is 42.3. The molecule has 0 bridgehead atoms. The molecule has 1 atom stereocenters. The summed E-state index contributed by atoms with van der Waals surface area (Å²) in [6.07, 6.45) is 0.428. The standard InChI is InChI=1S/C25H29N3O6S/c1-16-6-5-7-17(2)25(16)34-14-24(29)26-23-13-20(18-8-9-21(32-3)22(12-18)33-4)27-28(23)19-10-11-35(30,31)15-19/h5-9,12-13,19H,10-11,14-15H2,1-4H3,(H,26,29)/t19-/m0/s1. The summed E-state index contributed by atoms with van der Waals surface area (Å²) in [6.45, 7) is 3.65. The van der Waals surface area contributed by atoms with Crippen molar-refractivity contribution in [2.24, 2.45) is 0 Å². The molecule has 0 spiro atoms. The first kappa shape index (κ1) is 24.6. The molecule has 1 N–H and O–H groups in total. The van der Waals surface area contributed by atoms with Gasteiger partial charge >= 0.3 is 0 Å². The second-order valence-corrected chi connectivity index (χ2v) is 10.8. The van der Waals surface area contributed by atoms with Gasteiger partial charge in [0, 0.05) is 11.6 Å². The zero-order chi connectivity index (χ0) is 25.2. The average Bonchev–Trinajstić information content (AvgIpc) is 3.40. The van der Waals surface area contributed by atoms with Gasteiger partial charge in [-0.05, 0) is 49.6 Å². The molecule has 3 aromatic rings. The summed E-state index contributed by atoms with van der Waals surface area (Å²) in [5, 5.41) is 7.51. The van der Waals surface area contributed by atoms with Gasteiger partial charge in [-0.2, -0.15) is 5.10 Å². The van der Waals surface area contributed by atoms with E-state index in [0.29, 0.717) is 35.2 Å². The lowest BCUT2D eigenvalue weighted by molar-refractivity contribution is -0.118. The van der Waals surface area contributed by atoms with E-state index < -0.39 is 9.84 Å². The summed E-state index contributed by atoms with van der Waals surface area (Å²) in [7, 11) is -0.0509. The molecule has 4 rings (SSSR count). The third kappa shape index (κ3) is 5.43. The lowest BCUT2D eigenvalue weighted by atomic mass is 10.1. The third-order valence-corrected chi connectivity index (χ3v) is 7.74. The largest absolute Gasteiger partial charge is 0.493 e. The second-order valence-electron chi connectivity index (χ2n) is 8.54. The van der Waals surface area contributed by atoms with E-state index in [2.05, 4.69) is 10.4 Å². The summed E-state index contributed by atoms with van der Waals surface area (Å²) in [4.78, 5) is 12.8. The van der Waals surface area contributed by atoms with E-state index in [1.807, 2.05) is 38.1 Å². The van der Waals surface area contributed by atoms with E-state index in [0.717, 1.165) is 16.7 Å². The van der Waals surface area contributed by atoms with Crippen LogP contribution >= 0.6 is 0 Å². The van der Waals surface area contributed by atoms with E-state index in [-0.39, 0.29) is 30.1 Å². The Labute approximate surface area is 204 Å². The highest BCUT2D eigenvalue weighted by Crippen LogP contribution is 2.35. The van der Waals surface area contributed by atoms with Gasteiger partial charge in [0.05, 0.1) is 37.5 Å². The van der Waals surface area contributed by atoms with Crippen LogP contribution in [0.3, 0.4) is 0 Å². The summed E-state index contributed by atoms with van der Waals surface area (Å²) in [5.74, 6) is 1.89. The van der Waals surface area contributed by atoms with Crippen LogP contribution in [0, 0.1) is 13.8 Å². The van der Waals surface area contributed by atoms with Gasteiger partial charge in [-0.3, -0.25) is 4.79 Å². The van der Waals surface area contributed by atoms with Crippen LogP contribution in [0.15, 0.2) is 42.5 Å². The monoisotopic (exact) mass is 499 g/mol. The van der Waals surface area contributed by atoms with Crippen LogP contribution in [0.2, 0.25) is 0 Å². The number of nitrogens with zero attached hydrogens (tertiary/aromatic N) is 2. The quantitative estimate of drug-likeness (QED) is 0.505. The predicted octanol–water partition coefficient (Wildman–Crippen LogP) is 3.56. The number of sulfone groups is 1. The van der Waals surface area contributed by atoms with E-state index >= 15 is 0 Å². The van der Waals surface area contributed by atoms with Gasteiger partial charge in [0.25, 0.3) is 5.91 Å². The molecule has 10 heteroatoms. The number of amides is 1. The topological polar surface area (TPSA) is 109 Å². The lowest BCUT2D eigenvalue weighted by Crippen LogP contribution is -2.24. The van der Waals surface area contributed by atoms with Crippen molar-refractivity contribution in [3.05, 3.63) is 53.6 Å². The molecule has 35 heavy (non-hydrogen) atoms. The number of hydrogen-bond acceptors (Lipinski definition) is 7. The highest BCUT2D eigenvalue weighted by Gasteiger charge is 2.32. The molecule has 2 aromatic carbocycles. The minimum atomic E-state index is -3.15. The molecule has 0 aliphatic carbocycles. The van der Waals surface area contributed by atoms with Gasteiger partial charge in [-0.15, -0.1) is 0 Å². The molecule has 186 valence electrons. The molecular formula is C25H29N3O6S. The van der Waals surface area contributed by atoms with Gasteiger partial charge in [0.1, 0.15) is 11.6 Å². The first-order chi connectivity index (χ1) is 16.7. The SMILES string of the molecule is COc1ccc(-c2cc(NC(=O)COc3c(C)cccc3C)n([C@H]3CCS(=O)(=O)C3)n2)cc1OC. The van der Waals surface area contributed by atoms with Crippen molar-refractivity contribution in [3.8, 4) is 28.5 Å². The van der Waals surface area contributed by atoms with Crippen molar-refractivity contribution >= 4 is 21.6 Å². The van der Waals surface area contributed by atoms with E-state index in [1.165, 1.54) is 0 Å². The summed E-state index contributed by atoms with van der Waals surface area (Å²) >= 11 is 0. The minimum absolute atomic E-state index is 0.0260. The molecule has 1 saturated heterocycles. The molecule has 0 unspecified atom stereocenters. The minimum Gasteiger partial charge on any atom is -0.493 e. The number of para-hydroxylation sites is 1. The number of methoxy groups -OCH3 is 2. The van der Waals surface area contributed by atoms with Crippen molar-refractivity contribution in [3.63, 3.8) is 0 Å². The molecule has 1 fully saturated rings. The van der Waals surface area contributed by atoms with E-state index in [4.69, 9.17) is 14.2 Å². The molecule has 1 aromatic heterocycles. The van der Waals surface area contributed by atoms with Crippen LogP contribution in [-0.2, 0) is 14.6 Å². The Kier molecular flexibility index (Phi) is 7.02. The molecule has 0 saturated carbocycles.